The monoisotopic (exact) mass is 302 g/mol. The molecule has 2 rings (SSSR count). The molecule has 0 radical (unpaired) electrons. The minimum absolute atomic E-state index is 0.197. The molecule has 5 heteroatoms. The fraction of sp³-hybridized carbons (Fsp3) is 0.125. The predicted molar refractivity (Wildman–Crippen MR) is 80.3 cm³/mol. The SMILES string of the molecule is CCc1ccc(Sc2ccc(C(=O)O)c(C(=O)O)c2)cc1. The molecule has 0 aliphatic rings. The Morgan fingerprint density at radius 1 is 0.905 bits per heavy atom. The summed E-state index contributed by atoms with van der Waals surface area (Å²) in [4.78, 5) is 23.8. The molecule has 0 unspecified atom stereocenters. The molecule has 2 aromatic rings. The van der Waals surface area contributed by atoms with Gasteiger partial charge in [0.25, 0.3) is 0 Å². The standard InChI is InChI=1S/C16H14O4S/c1-2-10-3-5-11(6-4-10)21-12-7-8-13(15(17)18)14(9-12)16(19)20/h3-9H,2H2,1H3,(H,17,18)(H,19,20). The molecule has 0 aliphatic heterocycles. The molecule has 0 aliphatic carbocycles. The van der Waals surface area contributed by atoms with Gasteiger partial charge in [-0.25, -0.2) is 9.59 Å². The number of hydrogen-bond donors (Lipinski definition) is 2. The van der Waals surface area contributed by atoms with E-state index in [1.807, 2.05) is 24.3 Å². The van der Waals surface area contributed by atoms with Crippen molar-refractivity contribution in [1.29, 1.82) is 0 Å². The molecule has 0 amide bonds. The number of benzene rings is 2. The molecule has 4 nitrogen and oxygen atoms in total. The van der Waals surface area contributed by atoms with Crippen molar-refractivity contribution in [2.45, 2.75) is 23.1 Å². The van der Waals surface area contributed by atoms with Crippen LogP contribution in [0.15, 0.2) is 52.3 Å². The third-order valence-electron chi connectivity index (χ3n) is 3.02. The maximum Gasteiger partial charge on any atom is 0.336 e. The van der Waals surface area contributed by atoms with Crippen LogP contribution in [0, 0.1) is 0 Å². The van der Waals surface area contributed by atoms with Crippen LogP contribution in [-0.2, 0) is 6.42 Å². The topological polar surface area (TPSA) is 74.6 Å². The highest BCUT2D eigenvalue weighted by molar-refractivity contribution is 7.99. The van der Waals surface area contributed by atoms with E-state index in [-0.39, 0.29) is 11.1 Å². The van der Waals surface area contributed by atoms with Gasteiger partial charge in [0.1, 0.15) is 0 Å². The van der Waals surface area contributed by atoms with E-state index in [9.17, 15) is 9.59 Å². The summed E-state index contributed by atoms with van der Waals surface area (Å²) < 4.78 is 0. The third kappa shape index (κ3) is 3.64. The van der Waals surface area contributed by atoms with Crippen LogP contribution in [0.4, 0.5) is 0 Å². The average molecular weight is 302 g/mol. The van der Waals surface area contributed by atoms with Gasteiger partial charge in [-0.1, -0.05) is 30.8 Å². The second-order valence-electron chi connectivity index (χ2n) is 4.42. The van der Waals surface area contributed by atoms with Gasteiger partial charge in [-0.2, -0.15) is 0 Å². The lowest BCUT2D eigenvalue weighted by Gasteiger charge is -2.06. The molecule has 0 saturated heterocycles. The number of hydrogen-bond acceptors (Lipinski definition) is 3. The molecule has 0 saturated carbocycles. The third-order valence-corrected chi connectivity index (χ3v) is 4.02. The first-order valence-electron chi connectivity index (χ1n) is 6.38. The van der Waals surface area contributed by atoms with Crippen LogP contribution in [0.25, 0.3) is 0 Å². The van der Waals surface area contributed by atoms with Gasteiger partial charge in [-0.15, -0.1) is 0 Å². The fourth-order valence-electron chi connectivity index (χ4n) is 1.88. The summed E-state index contributed by atoms with van der Waals surface area (Å²) in [5.41, 5.74) is 0.831. The molecule has 0 aromatic heterocycles. The fourth-order valence-corrected chi connectivity index (χ4v) is 2.74. The van der Waals surface area contributed by atoms with Crippen molar-refractivity contribution in [2.75, 3.05) is 0 Å². The lowest BCUT2D eigenvalue weighted by Crippen LogP contribution is -2.07. The van der Waals surface area contributed by atoms with Gasteiger partial charge in [0.2, 0.25) is 0 Å². The number of rotatable bonds is 5. The van der Waals surface area contributed by atoms with Crippen LogP contribution in [0.1, 0.15) is 33.2 Å². The molecule has 0 atom stereocenters. The summed E-state index contributed by atoms with van der Waals surface area (Å²) in [6.45, 7) is 2.08. The van der Waals surface area contributed by atoms with E-state index in [1.165, 1.54) is 29.5 Å². The Morgan fingerprint density at radius 3 is 2.00 bits per heavy atom. The van der Waals surface area contributed by atoms with E-state index in [0.717, 1.165) is 11.3 Å². The van der Waals surface area contributed by atoms with E-state index < -0.39 is 11.9 Å². The molecule has 0 spiro atoms. The van der Waals surface area contributed by atoms with Crippen molar-refractivity contribution in [2.24, 2.45) is 0 Å². The summed E-state index contributed by atoms with van der Waals surface area (Å²) in [5.74, 6) is -2.48. The lowest BCUT2D eigenvalue weighted by molar-refractivity contribution is 0.0651. The van der Waals surface area contributed by atoms with Crippen molar-refractivity contribution < 1.29 is 19.8 Å². The average Bonchev–Trinajstić information content (AvgIpc) is 2.47. The van der Waals surface area contributed by atoms with Crippen LogP contribution < -0.4 is 0 Å². The smallest absolute Gasteiger partial charge is 0.336 e. The first kappa shape index (κ1) is 15.1. The zero-order chi connectivity index (χ0) is 15.4. The number of carboxylic acid groups (broad SMARTS) is 2. The minimum Gasteiger partial charge on any atom is -0.478 e. The van der Waals surface area contributed by atoms with Gasteiger partial charge in [0.05, 0.1) is 11.1 Å². The highest BCUT2D eigenvalue weighted by Gasteiger charge is 2.16. The molecule has 108 valence electrons. The van der Waals surface area contributed by atoms with Crippen LogP contribution in [0.3, 0.4) is 0 Å². The molecule has 0 fully saturated rings. The summed E-state index contributed by atoms with van der Waals surface area (Å²) in [7, 11) is 0. The van der Waals surface area contributed by atoms with Crippen molar-refractivity contribution >= 4 is 23.7 Å². The summed E-state index contributed by atoms with van der Waals surface area (Å²) in [6, 6.07) is 12.3. The molecule has 2 N–H and O–H groups in total. The maximum absolute atomic E-state index is 11.1. The van der Waals surface area contributed by atoms with E-state index in [1.54, 1.807) is 6.07 Å². The molecule has 0 heterocycles. The predicted octanol–water partition coefficient (Wildman–Crippen LogP) is 3.80. The second-order valence-corrected chi connectivity index (χ2v) is 5.56. The van der Waals surface area contributed by atoms with Gasteiger partial charge in [-0.05, 0) is 42.3 Å². The van der Waals surface area contributed by atoms with Gasteiger partial charge in [0.15, 0.2) is 0 Å². The van der Waals surface area contributed by atoms with E-state index in [2.05, 4.69) is 6.92 Å². The van der Waals surface area contributed by atoms with Gasteiger partial charge < -0.3 is 10.2 Å². The van der Waals surface area contributed by atoms with Crippen LogP contribution in [0.5, 0.6) is 0 Å². The Labute approximate surface area is 126 Å². The summed E-state index contributed by atoms with van der Waals surface area (Å²) in [6.07, 6.45) is 0.960. The highest BCUT2D eigenvalue weighted by Crippen LogP contribution is 2.29. The largest absolute Gasteiger partial charge is 0.478 e. The van der Waals surface area contributed by atoms with E-state index >= 15 is 0 Å². The van der Waals surface area contributed by atoms with Gasteiger partial charge in [0, 0.05) is 9.79 Å². The van der Waals surface area contributed by atoms with Crippen LogP contribution in [0.2, 0.25) is 0 Å². The van der Waals surface area contributed by atoms with Crippen molar-refractivity contribution in [1.82, 2.24) is 0 Å². The van der Waals surface area contributed by atoms with Crippen LogP contribution >= 0.6 is 11.8 Å². The summed E-state index contributed by atoms with van der Waals surface area (Å²) >= 11 is 1.40. The summed E-state index contributed by atoms with van der Waals surface area (Å²) in [5, 5.41) is 18.1. The highest BCUT2D eigenvalue weighted by atomic mass is 32.2. The van der Waals surface area contributed by atoms with E-state index in [0.29, 0.717) is 4.90 Å². The van der Waals surface area contributed by atoms with Gasteiger partial charge >= 0.3 is 11.9 Å². The van der Waals surface area contributed by atoms with Crippen molar-refractivity contribution in [3.63, 3.8) is 0 Å². The first-order valence-corrected chi connectivity index (χ1v) is 7.20. The Morgan fingerprint density at radius 2 is 1.48 bits per heavy atom. The van der Waals surface area contributed by atoms with Crippen molar-refractivity contribution in [3.8, 4) is 0 Å². The molecule has 21 heavy (non-hydrogen) atoms. The van der Waals surface area contributed by atoms with Crippen LogP contribution in [-0.4, -0.2) is 22.2 Å². The molecule has 0 bridgehead atoms. The van der Waals surface area contributed by atoms with E-state index in [4.69, 9.17) is 10.2 Å². The Bertz CT molecular complexity index is 677. The minimum atomic E-state index is -1.24. The zero-order valence-electron chi connectivity index (χ0n) is 11.4. The number of carbonyl (C=O) groups is 2. The zero-order valence-corrected chi connectivity index (χ0v) is 12.2. The van der Waals surface area contributed by atoms with Gasteiger partial charge in [-0.3, -0.25) is 0 Å². The quantitative estimate of drug-likeness (QED) is 0.878. The molecular formula is C16H14O4S. The lowest BCUT2D eigenvalue weighted by atomic mass is 10.1. The normalized spacial score (nSPS) is 10.3. The Hall–Kier alpha value is -2.27. The molecule has 2 aromatic carbocycles. The number of aryl methyl sites for hydroxylation is 1. The molecular weight excluding hydrogens is 288 g/mol. The van der Waals surface area contributed by atoms with Crippen molar-refractivity contribution in [3.05, 3.63) is 59.2 Å². The Kier molecular flexibility index (Phi) is 4.65. The second kappa shape index (κ2) is 6.45. The maximum atomic E-state index is 11.1. The first-order chi connectivity index (χ1) is 10.0. The number of carboxylic acids is 2. The Balaban J connectivity index is 2.29. The number of aromatic carboxylic acids is 2.